The SMILES string of the molecule is Clc1ccc2nc(CNC3CC=CC3)cn2c1. The summed E-state index contributed by atoms with van der Waals surface area (Å²) in [7, 11) is 0. The van der Waals surface area contributed by atoms with Crippen molar-refractivity contribution in [1.82, 2.24) is 14.7 Å². The van der Waals surface area contributed by atoms with Gasteiger partial charge in [0.05, 0.1) is 10.7 Å². The minimum atomic E-state index is 0.573. The van der Waals surface area contributed by atoms with Crippen molar-refractivity contribution in [3.63, 3.8) is 0 Å². The summed E-state index contributed by atoms with van der Waals surface area (Å²) in [6.45, 7) is 0.811. The third-order valence-electron chi connectivity index (χ3n) is 3.04. The molecule has 0 aromatic carbocycles. The number of imidazole rings is 1. The molecule has 1 aliphatic rings. The zero-order valence-corrected chi connectivity index (χ0v) is 10.2. The van der Waals surface area contributed by atoms with E-state index >= 15 is 0 Å². The third kappa shape index (κ3) is 2.35. The van der Waals surface area contributed by atoms with Gasteiger partial charge in [0.2, 0.25) is 0 Å². The number of pyridine rings is 1. The number of halogens is 1. The number of fused-ring (bicyclic) bond motifs is 1. The molecule has 0 fully saturated rings. The van der Waals surface area contributed by atoms with Crippen molar-refractivity contribution in [2.24, 2.45) is 0 Å². The van der Waals surface area contributed by atoms with E-state index in [0.717, 1.165) is 35.8 Å². The van der Waals surface area contributed by atoms with Crippen molar-refractivity contribution in [2.45, 2.75) is 25.4 Å². The molecule has 0 amide bonds. The average Bonchev–Trinajstić information content (AvgIpc) is 2.94. The molecule has 0 aliphatic heterocycles. The van der Waals surface area contributed by atoms with Gasteiger partial charge in [0.25, 0.3) is 0 Å². The van der Waals surface area contributed by atoms with Crippen LogP contribution in [-0.2, 0) is 6.54 Å². The minimum absolute atomic E-state index is 0.573. The van der Waals surface area contributed by atoms with Gasteiger partial charge in [0, 0.05) is 25.0 Å². The molecule has 17 heavy (non-hydrogen) atoms. The second kappa shape index (κ2) is 4.51. The molecule has 2 aromatic rings. The molecule has 88 valence electrons. The van der Waals surface area contributed by atoms with E-state index in [1.807, 2.05) is 28.9 Å². The summed E-state index contributed by atoms with van der Waals surface area (Å²) in [5.74, 6) is 0. The Morgan fingerprint density at radius 3 is 2.94 bits per heavy atom. The molecule has 0 spiro atoms. The molecule has 0 radical (unpaired) electrons. The van der Waals surface area contributed by atoms with Gasteiger partial charge in [-0.15, -0.1) is 0 Å². The fourth-order valence-electron chi connectivity index (χ4n) is 2.14. The molecule has 4 heteroatoms. The van der Waals surface area contributed by atoms with Gasteiger partial charge < -0.3 is 9.72 Å². The summed E-state index contributed by atoms with van der Waals surface area (Å²) in [5.41, 5.74) is 2.00. The van der Waals surface area contributed by atoms with Crippen LogP contribution < -0.4 is 5.32 Å². The highest BCUT2D eigenvalue weighted by atomic mass is 35.5. The highest BCUT2D eigenvalue weighted by Crippen LogP contribution is 2.13. The fraction of sp³-hybridized carbons (Fsp3) is 0.308. The van der Waals surface area contributed by atoms with Crippen LogP contribution in [0.15, 0.2) is 36.7 Å². The third-order valence-corrected chi connectivity index (χ3v) is 3.27. The summed E-state index contributed by atoms with van der Waals surface area (Å²) in [6, 6.07) is 4.37. The zero-order valence-electron chi connectivity index (χ0n) is 9.44. The molecule has 3 rings (SSSR count). The van der Waals surface area contributed by atoms with Gasteiger partial charge in [-0.25, -0.2) is 4.98 Å². The normalized spacial score (nSPS) is 16.1. The minimum Gasteiger partial charge on any atom is -0.308 e. The summed E-state index contributed by atoms with van der Waals surface area (Å²) in [4.78, 5) is 4.54. The monoisotopic (exact) mass is 247 g/mol. The lowest BCUT2D eigenvalue weighted by atomic mass is 10.2. The van der Waals surface area contributed by atoms with Crippen molar-refractivity contribution in [2.75, 3.05) is 0 Å². The van der Waals surface area contributed by atoms with Crippen LogP contribution in [0.4, 0.5) is 0 Å². The van der Waals surface area contributed by atoms with Crippen LogP contribution >= 0.6 is 11.6 Å². The van der Waals surface area contributed by atoms with Gasteiger partial charge in [0.1, 0.15) is 5.65 Å². The van der Waals surface area contributed by atoms with E-state index in [1.165, 1.54) is 0 Å². The first-order valence-corrected chi connectivity index (χ1v) is 6.20. The Labute approximate surface area is 105 Å². The number of nitrogens with one attached hydrogen (secondary N) is 1. The topological polar surface area (TPSA) is 29.3 Å². The smallest absolute Gasteiger partial charge is 0.137 e. The quantitative estimate of drug-likeness (QED) is 0.846. The first kappa shape index (κ1) is 10.8. The molecule has 0 unspecified atom stereocenters. The molecule has 0 saturated heterocycles. The van der Waals surface area contributed by atoms with Crippen LogP contribution in [0.25, 0.3) is 5.65 Å². The van der Waals surface area contributed by atoms with Crippen LogP contribution in [-0.4, -0.2) is 15.4 Å². The lowest BCUT2D eigenvalue weighted by Gasteiger charge is -2.09. The summed E-state index contributed by atoms with van der Waals surface area (Å²) >= 11 is 5.94. The van der Waals surface area contributed by atoms with Crippen molar-refractivity contribution in [3.05, 3.63) is 47.4 Å². The van der Waals surface area contributed by atoms with E-state index in [0.29, 0.717) is 6.04 Å². The zero-order chi connectivity index (χ0) is 11.7. The Morgan fingerprint density at radius 2 is 2.12 bits per heavy atom. The van der Waals surface area contributed by atoms with Crippen molar-refractivity contribution in [1.29, 1.82) is 0 Å². The first-order chi connectivity index (χ1) is 8.31. The molecule has 2 aromatic heterocycles. The standard InChI is InChI=1S/C13H14ClN3/c14-10-5-6-13-16-12(9-17(13)8-10)7-15-11-3-1-2-4-11/h1-2,5-6,8-9,11,15H,3-4,7H2. The molecular weight excluding hydrogens is 234 g/mol. The van der Waals surface area contributed by atoms with Crippen LogP contribution in [0.5, 0.6) is 0 Å². The summed E-state index contributed by atoms with van der Waals surface area (Å²) in [6.07, 6.45) is 10.6. The molecule has 3 nitrogen and oxygen atoms in total. The van der Waals surface area contributed by atoms with Crippen LogP contribution in [0.3, 0.4) is 0 Å². The van der Waals surface area contributed by atoms with E-state index in [1.54, 1.807) is 0 Å². The van der Waals surface area contributed by atoms with Crippen LogP contribution in [0.2, 0.25) is 5.02 Å². The van der Waals surface area contributed by atoms with Crippen molar-refractivity contribution < 1.29 is 0 Å². The van der Waals surface area contributed by atoms with Gasteiger partial charge in [-0.1, -0.05) is 23.8 Å². The predicted molar refractivity (Wildman–Crippen MR) is 69.2 cm³/mol. The van der Waals surface area contributed by atoms with E-state index in [-0.39, 0.29) is 0 Å². The van der Waals surface area contributed by atoms with Gasteiger partial charge >= 0.3 is 0 Å². The highest BCUT2D eigenvalue weighted by Gasteiger charge is 2.10. The van der Waals surface area contributed by atoms with Crippen molar-refractivity contribution >= 4 is 17.2 Å². The molecule has 1 aliphatic carbocycles. The number of aromatic nitrogens is 2. The number of hydrogen-bond donors (Lipinski definition) is 1. The van der Waals surface area contributed by atoms with Gasteiger partial charge in [-0.05, 0) is 25.0 Å². The Morgan fingerprint density at radius 1 is 1.29 bits per heavy atom. The second-order valence-corrected chi connectivity index (χ2v) is 4.80. The van der Waals surface area contributed by atoms with Gasteiger partial charge in [0.15, 0.2) is 0 Å². The molecule has 0 atom stereocenters. The average molecular weight is 248 g/mol. The number of nitrogens with zero attached hydrogens (tertiary/aromatic N) is 2. The number of hydrogen-bond acceptors (Lipinski definition) is 2. The maximum atomic E-state index is 5.94. The molecular formula is C13H14ClN3. The lowest BCUT2D eigenvalue weighted by molar-refractivity contribution is 0.534. The largest absolute Gasteiger partial charge is 0.308 e. The fourth-order valence-corrected chi connectivity index (χ4v) is 2.30. The maximum Gasteiger partial charge on any atom is 0.137 e. The predicted octanol–water partition coefficient (Wildman–Crippen LogP) is 2.80. The van der Waals surface area contributed by atoms with E-state index in [4.69, 9.17) is 11.6 Å². The molecule has 0 saturated carbocycles. The Kier molecular flexibility index (Phi) is 2.87. The Balaban J connectivity index is 1.72. The highest BCUT2D eigenvalue weighted by molar-refractivity contribution is 6.30. The first-order valence-electron chi connectivity index (χ1n) is 5.83. The Bertz CT molecular complexity index is 551. The van der Waals surface area contributed by atoms with Gasteiger partial charge in [-0.2, -0.15) is 0 Å². The van der Waals surface area contributed by atoms with E-state index in [2.05, 4.69) is 22.5 Å². The number of rotatable bonds is 3. The van der Waals surface area contributed by atoms with E-state index < -0.39 is 0 Å². The molecule has 0 bridgehead atoms. The molecule has 1 N–H and O–H groups in total. The van der Waals surface area contributed by atoms with Crippen molar-refractivity contribution in [3.8, 4) is 0 Å². The second-order valence-electron chi connectivity index (χ2n) is 4.37. The van der Waals surface area contributed by atoms with Crippen LogP contribution in [0, 0.1) is 0 Å². The van der Waals surface area contributed by atoms with E-state index in [9.17, 15) is 0 Å². The van der Waals surface area contributed by atoms with Crippen LogP contribution in [0.1, 0.15) is 18.5 Å². The Hall–Kier alpha value is -1.32. The molecule has 2 heterocycles. The summed E-state index contributed by atoms with van der Waals surface area (Å²) < 4.78 is 1.96. The van der Waals surface area contributed by atoms with Gasteiger partial charge in [-0.3, -0.25) is 0 Å². The maximum absolute atomic E-state index is 5.94. The summed E-state index contributed by atoms with van der Waals surface area (Å²) in [5, 5.41) is 4.23. The lowest BCUT2D eigenvalue weighted by Crippen LogP contribution is -2.25.